The number of amides is 1. The van der Waals surface area contributed by atoms with Gasteiger partial charge < -0.3 is 5.32 Å². The van der Waals surface area contributed by atoms with Crippen LogP contribution in [0.1, 0.15) is 48.9 Å². The lowest BCUT2D eigenvalue weighted by Gasteiger charge is -2.56. The van der Waals surface area contributed by atoms with Gasteiger partial charge in [-0.2, -0.15) is 5.26 Å². The van der Waals surface area contributed by atoms with Crippen LogP contribution in [-0.4, -0.2) is 22.9 Å². The van der Waals surface area contributed by atoms with Crippen LogP contribution < -0.4 is 10.6 Å². The summed E-state index contributed by atoms with van der Waals surface area (Å²) in [7, 11) is 0. The van der Waals surface area contributed by atoms with E-state index in [1.807, 2.05) is 30.6 Å². The zero-order chi connectivity index (χ0) is 18.1. The molecule has 26 heavy (non-hydrogen) atoms. The second-order valence-electron chi connectivity index (χ2n) is 8.06. The number of nitriles is 1. The van der Waals surface area contributed by atoms with Gasteiger partial charge >= 0.3 is 0 Å². The van der Waals surface area contributed by atoms with Crippen molar-refractivity contribution < 1.29 is 4.79 Å². The summed E-state index contributed by atoms with van der Waals surface area (Å²) in [4.78, 5) is 17.3. The molecule has 4 bridgehead atoms. The lowest BCUT2D eigenvalue weighted by Crippen LogP contribution is -2.59. The first kappa shape index (κ1) is 17.4. The number of aliphatic imine (C=N–C) groups is 1. The molecule has 0 unspecified atom stereocenters. The average molecular weight is 369 g/mol. The number of thioether (sulfide) groups is 1. The van der Waals surface area contributed by atoms with Crippen LogP contribution in [-0.2, 0) is 0 Å². The number of hydrogen-bond donors (Lipinski definition) is 2. The number of amidine groups is 1. The van der Waals surface area contributed by atoms with Gasteiger partial charge in [0.2, 0.25) is 0 Å². The third-order valence-corrected chi connectivity index (χ3v) is 6.69. The quantitative estimate of drug-likeness (QED) is 0.368. The van der Waals surface area contributed by atoms with Gasteiger partial charge in [-0.3, -0.25) is 10.1 Å². The second-order valence-corrected chi connectivity index (χ2v) is 8.86. The molecule has 0 saturated heterocycles. The van der Waals surface area contributed by atoms with Crippen LogP contribution in [0.4, 0.5) is 5.69 Å². The van der Waals surface area contributed by atoms with Crippen molar-refractivity contribution in [3.05, 3.63) is 29.8 Å². The Hall–Kier alpha value is -2.00. The monoisotopic (exact) mass is 368 g/mol. The van der Waals surface area contributed by atoms with Crippen LogP contribution in [0.5, 0.6) is 0 Å². The van der Waals surface area contributed by atoms with E-state index < -0.39 is 0 Å². The molecule has 5 nitrogen and oxygen atoms in total. The molecule has 0 aliphatic heterocycles. The minimum absolute atomic E-state index is 0.00273. The molecule has 5 rings (SSSR count). The minimum Gasteiger partial charge on any atom is -0.347 e. The first-order valence-electron chi connectivity index (χ1n) is 9.29. The highest BCUT2D eigenvalue weighted by atomic mass is 32.2. The fourth-order valence-corrected chi connectivity index (χ4v) is 5.93. The largest absolute Gasteiger partial charge is 0.347 e. The number of carbonyl (C=O) groups is 1. The zero-order valence-electron chi connectivity index (χ0n) is 15.0. The van der Waals surface area contributed by atoms with Crippen molar-refractivity contribution in [2.45, 2.75) is 44.1 Å². The Balaban J connectivity index is 1.51. The van der Waals surface area contributed by atoms with Crippen molar-refractivity contribution in [2.75, 3.05) is 6.26 Å². The highest BCUT2D eigenvalue weighted by Gasteiger charge is 2.51. The van der Waals surface area contributed by atoms with Crippen LogP contribution in [0.25, 0.3) is 0 Å². The number of rotatable bonds is 3. The van der Waals surface area contributed by atoms with Crippen LogP contribution in [0.2, 0.25) is 0 Å². The first-order valence-corrected chi connectivity index (χ1v) is 10.5. The number of nitrogens with zero attached hydrogens (tertiary/aromatic N) is 2. The van der Waals surface area contributed by atoms with Gasteiger partial charge in [0, 0.05) is 11.1 Å². The fourth-order valence-electron chi connectivity index (χ4n) is 5.58. The normalized spacial score (nSPS) is 32.2. The van der Waals surface area contributed by atoms with Gasteiger partial charge in [-0.05, 0) is 80.7 Å². The van der Waals surface area contributed by atoms with Crippen molar-refractivity contribution >= 4 is 28.5 Å². The third kappa shape index (κ3) is 3.45. The highest BCUT2D eigenvalue weighted by molar-refractivity contribution is 8.13. The Bertz CT molecular complexity index is 747. The van der Waals surface area contributed by atoms with E-state index in [1.165, 1.54) is 31.0 Å². The molecule has 1 aromatic rings. The molecule has 2 N–H and O–H groups in total. The van der Waals surface area contributed by atoms with E-state index in [4.69, 9.17) is 5.26 Å². The Morgan fingerprint density at radius 1 is 1.23 bits per heavy atom. The van der Waals surface area contributed by atoms with E-state index in [9.17, 15) is 4.79 Å². The van der Waals surface area contributed by atoms with Gasteiger partial charge in [0.1, 0.15) is 0 Å². The van der Waals surface area contributed by atoms with Gasteiger partial charge in [0.25, 0.3) is 5.91 Å². The summed E-state index contributed by atoms with van der Waals surface area (Å²) in [6, 6.07) is 7.32. The number of nitrogens with one attached hydrogen (secondary N) is 2. The van der Waals surface area contributed by atoms with Gasteiger partial charge in [-0.15, -0.1) is 0 Å². The van der Waals surface area contributed by atoms with E-state index in [-0.39, 0.29) is 11.4 Å². The van der Waals surface area contributed by atoms with Crippen LogP contribution in [0, 0.1) is 29.2 Å². The SMILES string of the molecule is CSC(=Nc1cccc(C(=O)NC23CC4CC(CC(C4)C2)C3)c1)NC#N. The summed E-state index contributed by atoms with van der Waals surface area (Å²) in [5, 5.41) is 15.2. The summed E-state index contributed by atoms with van der Waals surface area (Å²) in [6.45, 7) is 0. The Kier molecular flexibility index (Phi) is 4.66. The molecule has 6 heteroatoms. The number of hydrogen-bond acceptors (Lipinski definition) is 4. The van der Waals surface area contributed by atoms with E-state index in [2.05, 4.69) is 15.6 Å². The van der Waals surface area contributed by atoms with Crippen molar-refractivity contribution in [1.82, 2.24) is 10.6 Å². The summed E-state index contributed by atoms with van der Waals surface area (Å²) in [5.74, 6) is 2.42. The Morgan fingerprint density at radius 3 is 2.46 bits per heavy atom. The molecular weight excluding hydrogens is 344 g/mol. The van der Waals surface area contributed by atoms with Gasteiger partial charge in [-0.25, -0.2) is 4.99 Å². The maximum Gasteiger partial charge on any atom is 0.251 e. The Labute approximate surface area is 158 Å². The first-order chi connectivity index (χ1) is 12.6. The van der Waals surface area contributed by atoms with Gasteiger partial charge in [0.05, 0.1) is 5.69 Å². The van der Waals surface area contributed by atoms with Crippen LogP contribution in [0.15, 0.2) is 29.3 Å². The number of carbonyl (C=O) groups excluding carboxylic acids is 1. The fraction of sp³-hybridized carbons (Fsp3) is 0.550. The highest BCUT2D eigenvalue weighted by Crippen LogP contribution is 2.55. The molecule has 4 aliphatic rings. The molecule has 0 aromatic heterocycles. The molecule has 0 heterocycles. The standard InChI is InChI=1S/C20H24N4OS/c1-26-19(22-12-21)23-17-4-2-3-16(8-17)18(25)24-20-9-13-5-14(10-20)7-15(6-13)11-20/h2-4,8,13-15H,5-7,9-11H2,1H3,(H,22,23)(H,24,25). The smallest absolute Gasteiger partial charge is 0.251 e. The van der Waals surface area contributed by atoms with E-state index >= 15 is 0 Å². The number of benzene rings is 1. The van der Waals surface area contributed by atoms with E-state index in [0.717, 1.165) is 37.0 Å². The molecule has 4 aliphatic carbocycles. The molecule has 4 fully saturated rings. The summed E-state index contributed by atoms with van der Waals surface area (Å²) >= 11 is 1.36. The van der Waals surface area contributed by atoms with Crippen LogP contribution >= 0.6 is 11.8 Å². The molecule has 1 aromatic carbocycles. The average Bonchev–Trinajstić information content (AvgIpc) is 2.60. The predicted molar refractivity (Wildman–Crippen MR) is 104 cm³/mol. The molecule has 4 saturated carbocycles. The molecule has 0 atom stereocenters. The van der Waals surface area contributed by atoms with Crippen molar-refractivity contribution in [1.29, 1.82) is 5.26 Å². The van der Waals surface area contributed by atoms with Crippen molar-refractivity contribution in [2.24, 2.45) is 22.7 Å². The van der Waals surface area contributed by atoms with Gasteiger partial charge in [0.15, 0.2) is 11.4 Å². The van der Waals surface area contributed by atoms with Crippen molar-refractivity contribution in [3.8, 4) is 6.19 Å². The van der Waals surface area contributed by atoms with Gasteiger partial charge in [-0.1, -0.05) is 17.8 Å². The lowest BCUT2D eigenvalue weighted by atomic mass is 9.53. The minimum atomic E-state index is 0.00273. The van der Waals surface area contributed by atoms with E-state index in [1.54, 1.807) is 6.07 Å². The molecule has 0 radical (unpaired) electrons. The summed E-state index contributed by atoms with van der Waals surface area (Å²) in [5.41, 5.74) is 1.33. The summed E-state index contributed by atoms with van der Waals surface area (Å²) < 4.78 is 0. The molecular formula is C20H24N4OS. The second kappa shape index (κ2) is 6.96. The predicted octanol–water partition coefficient (Wildman–Crippen LogP) is 3.81. The van der Waals surface area contributed by atoms with Crippen molar-refractivity contribution in [3.63, 3.8) is 0 Å². The zero-order valence-corrected chi connectivity index (χ0v) is 15.8. The van der Waals surface area contributed by atoms with Crippen LogP contribution in [0.3, 0.4) is 0 Å². The maximum absolute atomic E-state index is 12.9. The molecule has 1 amide bonds. The Morgan fingerprint density at radius 2 is 1.88 bits per heavy atom. The molecule has 136 valence electrons. The molecule has 0 spiro atoms. The maximum atomic E-state index is 12.9. The third-order valence-electron chi connectivity index (χ3n) is 6.11. The van der Waals surface area contributed by atoms with E-state index in [0.29, 0.717) is 16.4 Å². The lowest BCUT2D eigenvalue weighted by molar-refractivity contribution is -0.0167. The summed E-state index contributed by atoms with van der Waals surface area (Å²) in [6.07, 6.45) is 11.3. The topological polar surface area (TPSA) is 77.3 Å².